The van der Waals surface area contributed by atoms with Gasteiger partial charge in [0.2, 0.25) is 0 Å². The lowest BCUT2D eigenvalue weighted by atomic mass is 10.0. The molecule has 1 aliphatic heterocycles. The van der Waals surface area contributed by atoms with Crippen LogP contribution < -0.4 is 0 Å². The fourth-order valence-electron chi connectivity index (χ4n) is 4.36. The standard InChI is InChI=1S/C23H25N3OS/c1-13-6-8-16(9-7-13)18-5-4-12-26(18)23(27)20-14(2)19-15(3)24-21(17-10-11-17)25-22(19)28-20/h6-9,17-18H,4-5,10-12H2,1-3H3/t18-/m0/s1. The number of carbonyl (C=O) groups is 1. The third kappa shape index (κ3) is 2.93. The molecule has 28 heavy (non-hydrogen) atoms. The Morgan fingerprint density at radius 3 is 2.54 bits per heavy atom. The molecule has 5 rings (SSSR count). The van der Waals surface area contributed by atoms with E-state index in [9.17, 15) is 4.79 Å². The zero-order valence-corrected chi connectivity index (χ0v) is 17.5. The van der Waals surface area contributed by atoms with Gasteiger partial charge in [-0.05, 0) is 57.6 Å². The van der Waals surface area contributed by atoms with Crippen LogP contribution in [0.4, 0.5) is 0 Å². The first-order chi connectivity index (χ1) is 13.5. The molecule has 3 aromatic rings. The van der Waals surface area contributed by atoms with Crippen LogP contribution in [0, 0.1) is 20.8 Å². The highest BCUT2D eigenvalue weighted by molar-refractivity contribution is 7.20. The minimum Gasteiger partial charge on any atom is -0.331 e. The minimum absolute atomic E-state index is 0.149. The van der Waals surface area contributed by atoms with E-state index in [2.05, 4.69) is 49.9 Å². The van der Waals surface area contributed by atoms with Crippen molar-refractivity contribution in [3.8, 4) is 0 Å². The maximum absolute atomic E-state index is 13.5. The molecule has 2 aromatic heterocycles. The van der Waals surface area contributed by atoms with Gasteiger partial charge in [0.05, 0.1) is 16.6 Å². The summed E-state index contributed by atoms with van der Waals surface area (Å²) in [6, 6.07) is 8.78. The lowest BCUT2D eigenvalue weighted by Crippen LogP contribution is -2.30. The number of aromatic nitrogens is 2. The second-order valence-corrected chi connectivity index (χ2v) is 9.24. The summed E-state index contributed by atoms with van der Waals surface area (Å²) < 4.78 is 0. The summed E-state index contributed by atoms with van der Waals surface area (Å²) in [6.07, 6.45) is 4.46. The highest BCUT2D eigenvalue weighted by Gasteiger charge is 2.33. The molecule has 2 aliphatic rings. The van der Waals surface area contributed by atoms with Gasteiger partial charge in [-0.15, -0.1) is 11.3 Å². The molecule has 0 radical (unpaired) electrons. The number of thiophene rings is 1. The summed E-state index contributed by atoms with van der Waals surface area (Å²) in [5, 5.41) is 1.07. The molecule has 0 bridgehead atoms. The van der Waals surface area contributed by atoms with E-state index in [-0.39, 0.29) is 11.9 Å². The summed E-state index contributed by atoms with van der Waals surface area (Å²) in [5.41, 5.74) is 4.54. The van der Waals surface area contributed by atoms with Crippen molar-refractivity contribution in [3.63, 3.8) is 0 Å². The van der Waals surface area contributed by atoms with Gasteiger partial charge >= 0.3 is 0 Å². The van der Waals surface area contributed by atoms with Gasteiger partial charge in [0, 0.05) is 17.8 Å². The zero-order valence-electron chi connectivity index (χ0n) is 16.7. The predicted molar refractivity (Wildman–Crippen MR) is 113 cm³/mol. The highest BCUT2D eigenvalue weighted by atomic mass is 32.1. The molecular formula is C23H25N3OS. The molecule has 1 atom stereocenters. The molecule has 144 valence electrons. The van der Waals surface area contributed by atoms with E-state index in [4.69, 9.17) is 9.97 Å². The largest absolute Gasteiger partial charge is 0.331 e. The van der Waals surface area contributed by atoms with Crippen molar-refractivity contribution in [2.75, 3.05) is 6.54 Å². The molecule has 1 saturated carbocycles. The second kappa shape index (κ2) is 6.66. The van der Waals surface area contributed by atoms with E-state index in [1.54, 1.807) is 11.3 Å². The summed E-state index contributed by atoms with van der Waals surface area (Å²) in [7, 11) is 0. The van der Waals surface area contributed by atoms with Gasteiger partial charge in [0.1, 0.15) is 10.7 Å². The molecule has 5 heteroatoms. The Kier molecular flexibility index (Phi) is 4.23. The van der Waals surface area contributed by atoms with E-state index in [1.165, 1.54) is 24.0 Å². The van der Waals surface area contributed by atoms with Gasteiger partial charge in [-0.25, -0.2) is 9.97 Å². The molecule has 2 fully saturated rings. The molecular weight excluding hydrogens is 366 g/mol. The number of amides is 1. The number of benzene rings is 1. The van der Waals surface area contributed by atoms with Crippen molar-refractivity contribution in [2.45, 2.75) is 58.4 Å². The quantitative estimate of drug-likeness (QED) is 0.595. The average Bonchev–Trinajstić information content (AvgIpc) is 3.32. The normalized spacial score (nSPS) is 19.5. The number of fused-ring (bicyclic) bond motifs is 1. The molecule has 0 spiro atoms. The third-order valence-electron chi connectivity index (χ3n) is 6.10. The highest BCUT2D eigenvalue weighted by Crippen LogP contribution is 2.41. The third-order valence-corrected chi connectivity index (χ3v) is 7.27. The van der Waals surface area contributed by atoms with Crippen LogP contribution in [0.15, 0.2) is 24.3 Å². The van der Waals surface area contributed by atoms with E-state index in [0.29, 0.717) is 5.92 Å². The monoisotopic (exact) mass is 391 g/mol. The predicted octanol–water partition coefficient (Wildman–Crippen LogP) is 5.47. The number of carbonyl (C=O) groups excluding carboxylic acids is 1. The van der Waals surface area contributed by atoms with Gasteiger partial charge in [0.15, 0.2) is 0 Å². The van der Waals surface area contributed by atoms with Crippen LogP contribution in [0.25, 0.3) is 10.2 Å². The summed E-state index contributed by atoms with van der Waals surface area (Å²) in [4.78, 5) is 26.9. The lowest BCUT2D eigenvalue weighted by molar-refractivity contribution is 0.0740. The second-order valence-electron chi connectivity index (χ2n) is 8.25. The van der Waals surface area contributed by atoms with Crippen molar-refractivity contribution in [2.24, 2.45) is 0 Å². The number of hydrogen-bond acceptors (Lipinski definition) is 4. The SMILES string of the molecule is Cc1ccc([C@@H]2CCCN2C(=O)c2sc3nc(C4CC4)nc(C)c3c2C)cc1. The van der Waals surface area contributed by atoms with Gasteiger partial charge < -0.3 is 4.90 Å². The Balaban J connectivity index is 1.52. The van der Waals surface area contributed by atoms with Gasteiger partial charge in [0.25, 0.3) is 5.91 Å². The molecule has 4 nitrogen and oxygen atoms in total. The van der Waals surface area contributed by atoms with Gasteiger partial charge in [-0.3, -0.25) is 4.79 Å². The molecule has 3 heterocycles. The first-order valence-corrected chi connectivity index (χ1v) is 11.0. The zero-order chi connectivity index (χ0) is 19.4. The molecule has 1 aromatic carbocycles. The van der Waals surface area contributed by atoms with Crippen molar-refractivity contribution in [1.82, 2.24) is 14.9 Å². The van der Waals surface area contributed by atoms with Crippen LogP contribution in [0.1, 0.15) is 75.5 Å². The summed E-state index contributed by atoms with van der Waals surface area (Å²) in [5.74, 6) is 1.63. The van der Waals surface area contributed by atoms with E-state index >= 15 is 0 Å². The van der Waals surface area contributed by atoms with Crippen LogP contribution in [0.5, 0.6) is 0 Å². The van der Waals surface area contributed by atoms with Crippen LogP contribution in [-0.2, 0) is 0 Å². The van der Waals surface area contributed by atoms with Crippen molar-refractivity contribution < 1.29 is 4.79 Å². The first kappa shape index (κ1) is 17.8. The fourth-order valence-corrected chi connectivity index (χ4v) is 5.56. The van der Waals surface area contributed by atoms with Crippen molar-refractivity contribution in [1.29, 1.82) is 0 Å². The molecule has 0 N–H and O–H groups in total. The van der Waals surface area contributed by atoms with Crippen LogP contribution in [0.2, 0.25) is 0 Å². The molecule has 1 amide bonds. The Hall–Kier alpha value is -2.27. The summed E-state index contributed by atoms with van der Waals surface area (Å²) >= 11 is 1.55. The lowest BCUT2D eigenvalue weighted by Gasteiger charge is -2.25. The van der Waals surface area contributed by atoms with Crippen molar-refractivity contribution in [3.05, 3.63) is 57.4 Å². The van der Waals surface area contributed by atoms with Gasteiger partial charge in [-0.2, -0.15) is 0 Å². The van der Waals surface area contributed by atoms with Crippen LogP contribution in [0.3, 0.4) is 0 Å². The first-order valence-electron chi connectivity index (χ1n) is 10.2. The Morgan fingerprint density at radius 2 is 1.82 bits per heavy atom. The number of nitrogens with zero attached hydrogens (tertiary/aromatic N) is 3. The Bertz CT molecular complexity index is 1070. The molecule has 1 aliphatic carbocycles. The maximum Gasteiger partial charge on any atom is 0.264 e. The Morgan fingerprint density at radius 1 is 1.07 bits per heavy atom. The van der Waals surface area contributed by atoms with Gasteiger partial charge in [-0.1, -0.05) is 29.8 Å². The van der Waals surface area contributed by atoms with E-state index < -0.39 is 0 Å². The van der Waals surface area contributed by atoms with Crippen molar-refractivity contribution >= 4 is 27.5 Å². The number of aryl methyl sites for hydroxylation is 3. The molecule has 0 unspecified atom stereocenters. The Labute approximate surface area is 169 Å². The maximum atomic E-state index is 13.5. The molecule has 1 saturated heterocycles. The minimum atomic E-state index is 0.149. The average molecular weight is 392 g/mol. The number of likely N-dealkylation sites (tertiary alicyclic amines) is 1. The number of hydrogen-bond donors (Lipinski definition) is 0. The van der Waals surface area contributed by atoms with E-state index in [0.717, 1.165) is 51.6 Å². The summed E-state index contributed by atoms with van der Waals surface area (Å²) in [6.45, 7) is 7.02. The van der Waals surface area contributed by atoms with E-state index in [1.807, 2.05) is 0 Å². The number of rotatable bonds is 3. The fraction of sp³-hybridized carbons (Fsp3) is 0.435. The topological polar surface area (TPSA) is 46.1 Å². The van der Waals surface area contributed by atoms with Crippen LogP contribution >= 0.6 is 11.3 Å². The smallest absolute Gasteiger partial charge is 0.264 e. The van der Waals surface area contributed by atoms with Crippen LogP contribution in [-0.4, -0.2) is 27.3 Å².